The third-order valence-corrected chi connectivity index (χ3v) is 3.73. The number of carbonyl (C=O) groups excluding carboxylic acids is 1. The Bertz CT molecular complexity index is 566. The van der Waals surface area contributed by atoms with E-state index in [0.717, 1.165) is 17.3 Å². The lowest BCUT2D eigenvalue weighted by Crippen LogP contribution is -2.37. The molecule has 3 rings (SSSR count). The number of tetrazole rings is 1. The highest BCUT2D eigenvalue weighted by Crippen LogP contribution is 2.19. The first-order chi connectivity index (χ1) is 9.34. The van der Waals surface area contributed by atoms with E-state index < -0.39 is 0 Å². The van der Waals surface area contributed by atoms with Crippen LogP contribution in [0.2, 0.25) is 0 Å². The molecule has 0 spiro atoms. The van der Waals surface area contributed by atoms with E-state index in [9.17, 15) is 4.79 Å². The van der Waals surface area contributed by atoms with Crippen molar-refractivity contribution >= 4 is 23.4 Å². The van der Waals surface area contributed by atoms with Crippen molar-refractivity contribution in [3.8, 4) is 5.69 Å². The number of benzene rings is 1. The maximum absolute atomic E-state index is 12.1. The van der Waals surface area contributed by atoms with Crippen molar-refractivity contribution in [2.24, 2.45) is 0 Å². The van der Waals surface area contributed by atoms with Crippen LogP contribution in [0.5, 0.6) is 0 Å². The molecule has 1 aliphatic heterocycles. The molecule has 0 aliphatic carbocycles. The first kappa shape index (κ1) is 12.1. The van der Waals surface area contributed by atoms with Gasteiger partial charge in [0.25, 0.3) is 0 Å². The molecule has 19 heavy (non-hydrogen) atoms. The first-order valence-corrected chi connectivity index (χ1v) is 6.94. The van der Waals surface area contributed by atoms with Gasteiger partial charge in [-0.15, -0.1) is 16.9 Å². The van der Waals surface area contributed by atoms with Gasteiger partial charge < -0.3 is 5.32 Å². The minimum atomic E-state index is -0.146. The van der Waals surface area contributed by atoms with Crippen molar-refractivity contribution in [2.75, 3.05) is 16.9 Å². The second-order valence-electron chi connectivity index (χ2n) is 4.03. The van der Waals surface area contributed by atoms with E-state index in [2.05, 4.69) is 26.2 Å². The summed E-state index contributed by atoms with van der Waals surface area (Å²) in [5, 5.41) is 17.1. The van der Waals surface area contributed by atoms with Gasteiger partial charge in [0.15, 0.2) is 0 Å². The minimum Gasteiger partial charge on any atom is -0.323 e. The standard InChI is InChI=1S/C11H12N6OS/c18-11(9-5-19-7-12-9)14-8-3-1-2-4-10(8)17-6-13-15-16-17/h1-4,6,9,12H,5,7H2,(H,14,18). The van der Waals surface area contributed by atoms with Crippen LogP contribution in [0.1, 0.15) is 0 Å². The molecule has 1 aromatic heterocycles. The van der Waals surface area contributed by atoms with E-state index in [-0.39, 0.29) is 11.9 Å². The molecule has 98 valence electrons. The molecule has 1 amide bonds. The summed E-state index contributed by atoms with van der Waals surface area (Å²) < 4.78 is 1.52. The van der Waals surface area contributed by atoms with Crippen LogP contribution >= 0.6 is 11.8 Å². The molecule has 7 nitrogen and oxygen atoms in total. The molecule has 1 unspecified atom stereocenters. The van der Waals surface area contributed by atoms with Gasteiger partial charge in [-0.05, 0) is 22.6 Å². The van der Waals surface area contributed by atoms with Gasteiger partial charge in [-0.2, -0.15) is 4.68 Å². The zero-order chi connectivity index (χ0) is 13.1. The zero-order valence-electron chi connectivity index (χ0n) is 9.98. The normalized spacial score (nSPS) is 18.4. The van der Waals surface area contributed by atoms with E-state index in [1.54, 1.807) is 11.8 Å². The van der Waals surface area contributed by atoms with Crippen molar-refractivity contribution in [3.63, 3.8) is 0 Å². The lowest BCUT2D eigenvalue weighted by atomic mass is 10.2. The van der Waals surface area contributed by atoms with Crippen LogP contribution < -0.4 is 10.6 Å². The molecular formula is C11H12N6OS. The Morgan fingerprint density at radius 2 is 2.37 bits per heavy atom. The number of aromatic nitrogens is 4. The molecule has 2 aromatic rings. The Kier molecular flexibility index (Phi) is 3.43. The molecule has 2 N–H and O–H groups in total. The van der Waals surface area contributed by atoms with E-state index >= 15 is 0 Å². The quantitative estimate of drug-likeness (QED) is 0.836. The van der Waals surface area contributed by atoms with Gasteiger partial charge >= 0.3 is 0 Å². The highest BCUT2D eigenvalue weighted by molar-refractivity contribution is 7.99. The Morgan fingerprint density at radius 1 is 1.47 bits per heavy atom. The van der Waals surface area contributed by atoms with Gasteiger partial charge in [-0.3, -0.25) is 10.1 Å². The Labute approximate surface area is 113 Å². The maximum atomic E-state index is 12.1. The maximum Gasteiger partial charge on any atom is 0.242 e. The van der Waals surface area contributed by atoms with Crippen LogP contribution in [0, 0.1) is 0 Å². The summed E-state index contributed by atoms with van der Waals surface area (Å²) in [6, 6.07) is 7.27. The summed E-state index contributed by atoms with van der Waals surface area (Å²) >= 11 is 1.71. The minimum absolute atomic E-state index is 0.0366. The number of carbonyl (C=O) groups is 1. The number of hydrogen-bond donors (Lipinski definition) is 2. The number of amides is 1. The number of thioether (sulfide) groups is 1. The first-order valence-electron chi connectivity index (χ1n) is 5.79. The number of anilines is 1. The number of para-hydroxylation sites is 2. The summed E-state index contributed by atoms with van der Waals surface area (Å²) in [5.74, 6) is 1.57. The molecule has 1 fully saturated rings. The summed E-state index contributed by atoms with van der Waals surface area (Å²) in [6.07, 6.45) is 1.49. The van der Waals surface area contributed by atoms with Crippen molar-refractivity contribution < 1.29 is 4.79 Å². The molecule has 0 bridgehead atoms. The van der Waals surface area contributed by atoms with Crippen LogP contribution in [0.3, 0.4) is 0 Å². The molecule has 0 saturated carbocycles. The molecule has 1 aromatic carbocycles. The van der Waals surface area contributed by atoms with Gasteiger partial charge in [-0.1, -0.05) is 12.1 Å². The predicted octanol–water partition coefficient (Wildman–Crippen LogP) is 0.263. The van der Waals surface area contributed by atoms with Crippen LogP contribution in [0.15, 0.2) is 30.6 Å². The highest BCUT2D eigenvalue weighted by Gasteiger charge is 2.23. The van der Waals surface area contributed by atoms with Crippen molar-refractivity contribution in [1.82, 2.24) is 25.5 Å². The SMILES string of the molecule is O=C(Nc1ccccc1-n1cnnn1)C1CSCN1. The number of hydrogen-bond acceptors (Lipinski definition) is 6. The van der Waals surface area contributed by atoms with Crippen LogP contribution in [-0.4, -0.2) is 43.8 Å². The second-order valence-corrected chi connectivity index (χ2v) is 5.06. The molecular weight excluding hydrogens is 264 g/mol. The zero-order valence-corrected chi connectivity index (χ0v) is 10.8. The van der Waals surface area contributed by atoms with Gasteiger partial charge in [-0.25, -0.2) is 0 Å². The molecule has 1 atom stereocenters. The summed E-state index contributed by atoms with van der Waals surface area (Å²) in [7, 11) is 0. The van der Waals surface area contributed by atoms with Gasteiger partial charge in [0.2, 0.25) is 5.91 Å². The smallest absolute Gasteiger partial charge is 0.242 e. The average molecular weight is 276 g/mol. The molecule has 8 heteroatoms. The Balaban J connectivity index is 1.83. The average Bonchev–Trinajstić information content (AvgIpc) is 3.13. The fourth-order valence-electron chi connectivity index (χ4n) is 1.83. The van der Waals surface area contributed by atoms with Gasteiger partial charge in [0.1, 0.15) is 6.33 Å². The third kappa shape index (κ3) is 2.59. The largest absolute Gasteiger partial charge is 0.323 e. The van der Waals surface area contributed by atoms with Crippen LogP contribution in [0.25, 0.3) is 5.69 Å². The van der Waals surface area contributed by atoms with Gasteiger partial charge in [0.05, 0.1) is 17.4 Å². The van der Waals surface area contributed by atoms with E-state index in [1.807, 2.05) is 24.3 Å². The van der Waals surface area contributed by atoms with Crippen molar-refractivity contribution in [3.05, 3.63) is 30.6 Å². The van der Waals surface area contributed by atoms with E-state index in [1.165, 1.54) is 11.0 Å². The fourth-order valence-corrected chi connectivity index (χ4v) is 2.78. The summed E-state index contributed by atoms with van der Waals surface area (Å²) in [4.78, 5) is 12.1. The Morgan fingerprint density at radius 3 is 3.11 bits per heavy atom. The van der Waals surface area contributed by atoms with E-state index in [0.29, 0.717) is 5.69 Å². The predicted molar refractivity (Wildman–Crippen MR) is 72.0 cm³/mol. The van der Waals surface area contributed by atoms with Gasteiger partial charge in [0, 0.05) is 11.6 Å². The van der Waals surface area contributed by atoms with E-state index in [4.69, 9.17) is 0 Å². The topological polar surface area (TPSA) is 84.7 Å². The Hall–Kier alpha value is -1.93. The lowest BCUT2D eigenvalue weighted by molar-refractivity contribution is -0.117. The second kappa shape index (κ2) is 5.37. The number of nitrogens with one attached hydrogen (secondary N) is 2. The lowest BCUT2D eigenvalue weighted by Gasteiger charge is -2.13. The summed E-state index contributed by atoms with van der Waals surface area (Å²) in [6.45, 7) is 0. The fraction of sp³-hybridized carbons (Fsp3) is 0.273. The van der Waals surface area contributed by atoms with Crippen molar-refractivity contribution in [1.29, 1.82) is 0 Å². The molecule has 1 saturated heterocycles. The number of rotatable bonds is 3. The molecule has 2 heterocycles. The highest BCUT2D eigenvalue weighted by atomic mass is 32.2. The third-order valence-electron chi connectivity index (χ3n) is 2.79. The van der Waals surface area contributed by atoms with Crippen LogP contribution in [-0.2, 0) is 4.79 Å². The summed E-state index contributed by atoms with van der Waals surface area (Å²) in [5.41, 5.74) is 1.44. The van der Waals surface area contributed by atoms with Crippen LogP contribution in [0.4, 0.5) is 5.69 Å². The van der Waals surface area contributed by atoms with Crippen molar-refractivity contribution in [2.45, 2.75) is 6.04 Å². The molecule has 1 aliphatic rings. The number of nitrogens with zero attached hydrogens (tertiary/aromatic N) is 4. The monoisotopic (exact) mass is 276 g/mol. The molecule has 0 radical (unpaired) electrons.